The molecule has 3 aliphatic rings. The van der Waals surface area contributed by atoms with E-state index in [2.05, 4.69) is 25.0 Å². The molecule has 1 aromatic carbocycles. The average Bonchev–Trinajstić information content (AvgIpc) is 3.34. The van der Waals surface area contributed by atoms with Crippen LogP contribution in [-0.4, -0.2) is 47.3 Å². The fourth-order valence-electron chi connectivity index (χ4n) is 6.09. The number of aromatic nitrogens is 2. The van der Waals surface area contributed by atoms with Crippen LogP contribution in [-0.2, 0) is 16.4 Å². The molecule has 3 aliphatic carbocycles. The quantitative estimate of drug-likeness (QED) is 0.592. The Morgan fingerprint density at radius 2 is 1.97 bits per heavy atom. The van der Waals surface area contributed by atoms with E-state index in [4.69, 9.17) is 0 Å². The number of nitrogens with zero attached hydrogens (tertiary/aromatic N) is 3. The van der Waals surface area contributed by atoms with Gasteiger partial charge in [0.15, 0.2) is 0 Å². The second-order valence-corrected chi connectivity index (χ2v) is 13.1. The van der Waals surface area contributed by atoms with Crippen molar-refractivity contribution >= 4 is 16.1 Å². The van der Waals surface area contributed by atoms with Crippen molar-refractivity contribution in [1.29, 1.82) is 0 Å². The lowest BCUT2D eigenvalue weighted by atomic mass is 9.65. The van der Waals surface area contributed by atoms with Crippen molar-refractivity contribution in [2.24, 2.45) is 11.3 Å². The van der Waals surface area contributed by atoms with Gasteiger partial charge in [0.05, 0.1) is 28.1 Å². The predicted molar refractivity (Wildman–Crippen MR) is 139 cm³/mol. The fraction of sp³-hybridized carbons (Fsp3) is 0.464. The number of sulfonamides is 1. The van der Waals surface area contributed by atoms with Crippen molar-refractivity contribution in [2.75, 3.05) is 14.1 Å². The van der Waals surface area contributed by atoms with Gasteiger partial charge < -0.3 is 5.11 Å². The summed E-state index contributed by atoms with van der Waals surface area (Å²) in [7, 11) is -0.433. The van der Waals surface area contributed by atoms with Crippen molar-refractivity contribution < 1.29 is 17.9 Å². The highest BCUT2D eigenvalue weighted by molar-refractivity contribution is 7.93. The first-order valence-corrected chi connectivity index (χ1v) is 14.0. The molecular weight excluding hydrogens is 477 g/mol. The minimum atomic E-state index is -3.54. The molecule has 8 heteroatoms. The van der Waals surface area contributed by atoms with E-state index >= 15 is 0 Å². The van der Waals surface area contributed by atoms with Crippen molar-refractivity contribution in [3.05, 3.63) is 75.7 Å². The first-order chi connectivity index (χ1) is 16.9. The summed E-state index contributed by atoms with van der Waals surface area (Å²) in [6.45, 7) is 4.21. The molecule has 0 radical (unpaired) electrons. The zero-order valence-corrected chi connectivity index (χ0v) is 22.1. The molecule has 1 saturated carbocycles. The highest BCUT2D eigenvalue weighted by Gasteiger charge is 2.55. The summed E-state index contributed by atoms with van der Waals surface area (Å²) in [5.41, 5.74) is 3.52. The Kier molecular flexibility index (Phi) is 6.13. The molecule has 0 spiro atoms. The van der Waals surface area contributed by atoms with E-state index in [0.717, 1.165) is 28.9 Å². The maximum atomic E-state index is 13.4. The van der Waals surface area contributed by atoms with Crippen molar-refractivity contribution in [1.82, 2.24) is 14.1 Å². The Bertz CT molecular complexity index is 1390. The molecule has 5 rings (SSSR count). The van der Waals surface area contributed by atoms with Gasteiger partial charge in [-0.05, 0) is 92.0 Å². The maximum Gasteiger partial charge on any atom is 0.242 e. The van der Waals surface area contributed by atoms with Crippen molar-refractivity contribution in [3.8, 4) is 5.69 Å². The summed E-state index contributed by atoms with van der Waals surface area (Å²) in [6.07, 6.45) is 11.5. The molecule has 2 aromatic rings. The number of fused-ring (bicyclic) bond motifs is 2. The summed E-state index contributed by atoms with van der Waals surface area (Å²) in [6, 6.07) is 6.29. The molecule has 0 saturated heterocycles. The Hall–Kier alpha value is -2.55. The lowest BCUT2D eigenvalue weighted by Crippen LogP contribution is -2.45. The van der Waals surface area contributed by atoms with Gasteiger partial charge in [0.1, 0.15) is 5.82 Å². The number of hydrogen-bond acceptors (Lipinski definition) is 4. The molecular formula is C28H34FN3O3S. The monoisotopic (exact) mass is 511 g/mol. The smallest absolute Gasteiger partial charge is 0.242 e. The molecule has 1 heterocycles. The number of benzene rings is 1. The van der Waals surface area contributed by atoms with Crippen LogP contribution in [0.3, 0.4) is 0 Å². The lowest BCUT2D eigenvalue weighted by Gasteiger charge is -2.43. The van der Waals surface area contributed by atoms with Crippen molar-refractivity contribution in [2.45, 2.75) is 58.0 Å². The summed E-state index contributed by atoms with van der Waals surface area (Å²) in [5, 5.41) is 16.6. The number of rotatable bonds is 6. The minimum Gasteiger partial charge on any atom is -0.389 e. The normalized spacial score (nSPS) is 27.9. The second kappa shape index (κ2) is 8.78. The topological polar surface area (TPSA) is 75.4 Å². The molecule has 0 amide bonds. The van der Waals surface area contributed by atoms with Gasteiger partial charge >= 0.3 is 0 Å². The molecule has 0 aliphatic heterocycles. The molecule has 1 aromatic heterocycles. The summed E-state index contributed by atoms with van der Waals surface area (Å²) in [5.74, 6) is -0.0222. The Labute approximate surface area is 212 Å². The zero-order valence-electron chi connectivity index (χ0n) is 21.3. The van der Waals surface area contributed by atoms with E-state index in [-0.39, 0.29) is 11.7 Å². The highest BCUT2D eigenvalue weighted by atomic mass is 32.2. The van der Waals surface area contributed by atoms with Crippen LogP contribution in [0.5, 0.6) is 0 Å². The second-order valence-electron chi connectivity index (χ2n) is 10.9. The zero-order chi connectivity index (χ0) is 25.9. The van der Waals surface area contributed by atoms with Gasteiger partial charge in [-0.25, -0.2) is 21.8 Å². The van der Waals surface area contributed by atoms with Gasteiger partial charge in [-0.3, -0.25) is 0 Å². The van der Waals surface area contributed by atoms with Crippen LogP contribution in [0, 0.1) is 17.2 Å². The minimum absolute atomic E-state index is 0.264. The standard InChI is InChI=1S/C28H34FN3O3S/c1-19-5-10-26(36(34,35)31(3)4)20(15-19)11-13-28(33)14-12-22-16-25-21(17-27(22,28)2)18-30-32(25)24-8-6-23(29)7-9-24/h5-10,16,18-19,33H,11-15,17H2,1-4H3/t19?,27-,28-/m0/s1. The Balaban J connectivity index is 1.43. The number of aliphatic hydroxyl groups is 1. The van der Waals surface area contributed by atoms with Crippen LogP contribution in [0.15, 0.2) is 58.7 Å². The van der Waals surface area contributed by atoms with E-state index in [0.29, 0.717) is 37.0 Å². The largest absolute Gasteiger partial charge is 0.389 e. The Morgan fingerprint density at radius 1 is 1.25 bits per heavy atom. The lowest BCUT2D eigenvalue weighted by molar-refractivity contribution is -0.0463. The molecule has 1 N–H and O–H groups in total. The van der Waals surface area contributed by atoms with Gasteiger partial charge in [-0.2, -0.15) is 5.10 Å². The molecule has 1 fully saturated rings. The van der Waals surface area contributed by atoms with Crippen molar-refractivity contribution in [3.63, 3.8) is 0 Å². The first-order valence-electron chi connectivity index (χ1n) is 12.5. The number of hydrogen-bond donors (Lipinski definition) is 1. The third-order valence-electron chi connectivity index (χ3n) is 8.45. The van der Waals surface area contributed by atoms with Crippen LogP contribution in [0.4, 0.5) is 4.39 Å². The number of halogens is 1. The van der Waals surface area contributed by atoms with Crippen LogP contribution >= 0.6 is 0 Å². The molecule has 6 nitrogen and oxygen atoms in total. The summed E-state index contributed by atoms with van der Waals surface area (Å²) in [4.78, 5) is 0.375. The van der Waals surface area contributed by atoms with Gasteiger partial charge in [0.25, 0.3) is 0 Å². The van der Waals surface area contributed by atoms with Gasteiger partial charge in [0.2, 0.25) is 10.0 Å². The Morgan fingerprint density at radius 3 is 2.67 bits per heavy atom. The number of allylic oxidation sites excluding steroid dienone is 3. The molecule has 3 atom stereocenters. The van der Waals surface area contributed by atoms with E-state index in [1.165, 1.54) is 22.0 Å². The third-order valence-corrected chi connectivity index (χ3v) is 10.4. The summed E-state index contributed by atoms with van der Waals surface area (Å²) < 4.78 is 42.4. The molecule has 36 heavy (non-hydrogen) atoms. The van der Waals surface area contributed by atoms with Gasteiger partial charge in [-0.1, -0.05) is 25.5 Å². The summed E-state index contributed by atoms with van der Waals surface area (Å²) >= 11 is 0. The van der Waals surface area contributed by atoms with Crippen LogP contribution < -0.4 is 0 Å². The van der Waals surface area contributed by atoms with E-state index in [1.807, 2.05) is 17.0 Å². The van der Waals surface area contributed by atoms with Gasteiger partial charge in [0, 0.05) is 19.5 Å². The molecule has 192 valence electrons. The fourth-order valence-corrected chi connectivity index (χ4v) is 7.29. The van der Waals surface area contributed by atoms with E-state index < -0.39 is 21.0 Å². The van der Waals surface area contributed by atoms with E-state index in [1.54, 1.807) is 32.3 Å². The maximum absolute atomic E-state index is 13.4. The van der Waals surface area contributed by atoms with Crippen LogP contribution in [0.25, 0.3) is 11.8 Å². The highest BCUT2D eigenvalue weighted by Crippen LogP contribution is 2.57. The van der Waals surface area contributed by atoms with Crippen LogP contribution in [0.1, 0.15) is 57.2 Å². The van der Waals surface area contributed by atoms with Gasteiger partial charge in [-0.15, -0.1) is 0 Å². The predicted octanol–water partition coefficient (Wildman–Crippen LogP) is 5.00. The SMILES string of the molecule is CC1C=CC(S(=O)(=O)N(C)C)=C(CC[C@]2(O)CCC3=Cc4c(cnn4-c4ccc(F)cc4)C[C@@]32C)C1. The third kappa shape index (κ3) is 3.99. The molecule has 0 bridgehead atoms. The van der Waals surface area contributed by atoms with E-state index in [9.17, 15) is 17.9 Å². The van der Waals surface area contributed by atoms with Crippen LogP contribution in [0.2, 0.25) is 0 Å². The average molecular weight is 512 g/mol. The first kappa shape index (κ1) is 25.1. The molecule has 1 unspecified atom stereocenters.